The van der Waals surface area contributed by atoms with Crippen LogP contribution in [0.5, 0.6) is 5.75 Å². The summed E-state index contributed by atoms with van der Waals surface area (Å²) >= 11 is 0. The summed E-state index contributed by atoms with van der Waals surface area (Å²) in [4.78, 5) is 0. The molecule has 0 saturated heterocycles. The number of hydrogen-bond donors (Lipinski definition) is 2. The van der Waals surface area contributed by atoms with Gasteiger partial charge in [-0.15, -0.1) is 0 Å². The van der Waals surface area contributed by atoms with Crippen LogP contribution in [0.4, 0.5) is 0 Å². The summed E-state index contributed by atoms with van der Waals surface area (Å²) in [5, 5.41) is 13.7. The van der Waals surface area contributed by atoms with Gasteiger partial charge in [-0.2, -0.15) is 0 Å². The second-order valence-electron chi connectivity index (χ2n) is 4.98. The maximum absolute atomic E-state index is 11.1. The molecular weight excluding hydrogens is 226 g/mol. The van der Waals surface area contributed by atoms with E-state index < -0.39 is 12.6 Å². The number of hydrogen-bond acceptors (Lipinski definition) is 3. The third-order valence-corrected chi connectivity index (χ3v) is 3.95. The Morgan fingerprint density at radius 2 is 2.44 bits per heavy atom. The van der Waals surface area contributed by atoms with Gasteiger partial charge in [0, 0.05) is 16.6 Å². The second kappa shape index (κ2) is 5.72. The molecule has 3 nitrogen and oxygen atoms in total. The molecule has 18 heavy (non-hydrogen) atoms. The smallest absolute Gasteiger partial charge is 0.119 e. The Bertz CT molecular complexity index is 478. The van der Waals surface area contributed by atoms with Gasteiger partial charge in [-0.25, -0.2) is 0 Å². The Hall–Kier alpha value is -1.06. The first-order chi connectivity index (χ1) is 9.85. The van der Waals surface area contributed by atoms with Gasteiger partial charge in [0.15, 0.2) is 0 Å². The fraction of sp³-hybridized carbons (Fsp3) is 0.600. The second-order valence-corrected chi connectivity index (χ2v) is 4.98. The van der Waals surface area contributed by atoms with E-state index >= 15 is 0 Å². The van der Waals surface area contributed by atoms with Gasteiger partial charge in [-0.3, -0.25) is 0 Å². The Morgan fingerprint density at radius 3 is 3.22 bits per heavy atom. The fourth-order valence-corrected chi connectivity index (χ4v) is 2.89. The fourth-order valence-electron chi connectivity index (χ4n) is 2.89. The van der Waals surface area contributed by atoms with Crippen LogP contribution in [0.1, 0.15) is 35.4 Å². The van der Waals surface area contributed by atoms with Gasteiger partial charge in [0.1, 0.15) is 5.75 Å². The molecule has 0 spiro atoms. The molecular formula is C15H23NO2. The summed E-state index contributed by atoms with van der Waals surface area (Å²) in [5.41, 5.74) is -0.190. The summed E-state index contributed by atoms with van der Waals surface area (Å²) in [6.07, 6.45) is 3.42. The molecule has 0 aromatic heterocycles. The molecule has 0 unspecified atom stereocenters. The molecule has 2 atom stereocenters. The number of rotatable bonds is 4. The van der Waals surface area contributed by atoms with E-state index in [1.54, 1.807) is 7.11 Å². The lowest BCUT2D eigenvalue weighted by molar-refractivity contribution is -0.0531. The van der Waals surface area contributed by atoms with E-state index in [1.807, 2.05) is 24.3 Å². The minimum atomic E-state index is -2.17. The molecule has 0 bridgehead atoms. The lowest BCUT2D eigenvalue weighted by Gasteiger charge is -2.40. The normalized spacial score (nSPS) is 31.2. The van der Waals surface area contributed by atoms with Crippen LogP contribution < -0.4 is 10.1 Å². The summed E-state index contributed by atoms with van der Waals surface area (Å²) in [7, 11) is 1.59. The summed E-state index contributed by atoms with van der Waals surface area (Å²) in [5.74, 6) is 0.591. The number of benzene rings is 1. The summed E-state index contributed by atoms with van der Waals surface area (Å²) < 4.78 is 27.0. The van der Waals surface area contributed by atoms with E-state index in [1.165, 1.54) is 0 Å². The first kappa shape index (κ1) is 9.82. The van der Waals surface area contributed by atoms with Crippen LogP contribution in [0.25, 0.3) is 0 Å². The molecule has 2 N–H and O–H groups in total. The van der Waals surface area contributed by atoms with Gasteiger partial charge < -0.3 is 15.2 Å². The zero-order chi connectivity index (χ0) is 15.5. The molecule has 0 radical (unpaired) electrons. The first-order valence-corrected chi connectivity index (χ1v) is 6.47. The molecule has 3 heteroatoms. The van der Waals surface area contributed by atoms with E-state index in [0.717, 1.165) is 24.8 Å². The van der Waals surface area contributed by atoms with Crippen molar-refractivity contribution in [3.63, 3.8) is 0 Å². The number of aliphatic hydroxyl groups is 1. The highest BCUT2D eigenvalue weighted by atomic mass is 16.5. The topological polar surface area (TPSA) is 41.5 Å². The van der Waals surface area contributed by atoms with Crippen molar-refractivity contribution in [2.24, 2.45) is 5.92 Å². The Labute approximate surface area is 113 Å². The maximum Gasteiger partial charge on any atom is 0.119 e. The van der Waals surface area contributed by atoms with Crippen LogP contribution in [0, 0.1) is 5.92 Å². The van der Waals surface area contributed by atoms with Crippen molar-refractivity contribution in [2.45, 2.75) is 31.3 Å². The van der Waals surface area contributed by atoms with Gasteiger partial charge in [0.2, 0.25) is 0 Å². The minimum Gasteiger partial charge on any atom is -0.497 e. The SMILES string of the molecule is [2H]C([2H])([2H])NC[C@@H]1CCCC[C@@]1(O)c1cccc(OC)c1. The van der Waals surface area contributed by atoms with Crippen molar-refractivity contribution < 1.29 is 14.0 Å². The predicted octanol–water partition coefficient (Wildman–Crippen LogP) is 2.29. The van der Waals surface area contributed by atoms with Crippen LogP contribution in [-0.2, 0) is 5.60 Å². The van der Waals surface area contributed by atoms with Crippen molar-refractivity contribution in [3.05, 3.63) is 29.8 Å². The van der Waals surface area contributed by atoms with Crippen molar-refractivity contribution in [2.75, 3.05) is 20.6 Å². The van der Waals surface area contributed by atoms with Crippen molar-refractivity contribution in [1.29, 1.82) is 0 Å². The van der Waals surface area contributed by atoms with Gasteiger partial charge in [0.25, 0.3) is 0 Å². The highest BCUT2D eigenvalue weighted by Gasteiger charge is 2.39. The largest absolute Gasteiger partial charge is 0.497 e. The molecule has 0 aliphatic heterocycles. The summed E-state index contributed by atoms with van der Waals surface area (Å²) in [6, 6.07) is 7.42. The van der Waals surface area contributed by atoms with E-state index in [2.05, 4.69) is 5.32 Å². The zero-order valence-electron chi connectivity index (χ0n) is 13.8. The van der Waals surface area contributed by atoms with Crippen molar-refractivity contribution >= 4 is 0 Å². The monoisotopic (exact) mass is 252 g/mol. The molecule has 100 valence electrons. The third-order valence-electron chi connectivity index (χ3n) is 3.95. The molecule has 2 rings (SSSR count). The average molecular weight is 252 g/mol. The molecule has 0 amide bonds. The first-order valence-electron chi connectivity index (χ1n) is 7.97. The minimum absolute atomic E-state index is 0.112. The lowest BCUT2D eigenvalue weighted by atomic mass is 9.71. The molecule has 1 aromatic carbocycles. The maximum atomic E-state index is 11.1. The molecule has 1 aliphatic rings. The summed E-state index contributed by atoms with van der Waals surface area (Å²) in [6.45, 7) is -1.89. The van der Waals surface area contributed by atoms with Gasteiger partial charge in [0.05, 0.1) is 12.7 Å². The third kappa shape index (κ3) is 2.52. The number of methoxy groups -OCH3 is 1. The van der Waals surface area contributed by atoms with Crippen LogP contribution in [0.15, 0.2) is 24.3 Å². The van der Waals surface area contributed by atoms with Gasteiger partial charge in [-0.05, 0) is 37.5 Å². The molecule has 1 saturated carbocycles. The van der Waals surface area contributed by atoms with E-state index in [9.17, 15) is 5.11 Å². The Kier molecular flexibility index (Phi) is 3.12. The average Bonchev–Trinajstić information content (AvgIpc) is 2.45. The predicted molar refractivity (Wildman–Crippen MR) is 72.8 cm³/mol. The molecule has 1 aromatic rings. The van der Waals surface area contributed by atoms with Crippen molar-refractivity contribution in [1.82, 2.24) is 5.32 Å². The van der Waals surface area contributed by atoms with Crippen molar-refractivity contribution in [3.8, 4) is 5.75 Å². The van der Waals surface area contributed by atoms with Crippen LogP contribution in [0.2, 0.25) is 0 Å². The van der Waals surface area contributed by atoms with Crippen LogP contribution in [0.3, 0.4) is 0 Å². The molecule has 1 aliphatic carbocycles. The van der Waals surface area contributed by atoms with Crippen LogP contribution >= 0.6 is 0 Å². The van der Waals surface area contributed by atoms with E-state index in [4.69, 9.17) is 8.85 Å². The highest BCUT2D eigenvalue weighted by molar-refractivity contribution is 5.33. The quantitative estimate of drug-likeness (QED) is 0.864. The molecule has 0 heterocycles. The zero-order valence-corrected chi connectivity index (χ0v) is 10.8. The van der Waals surface area contributed by atoms with Gasteiger partial charge in [-0.1, -0.05) is 25.0 Å². The van der Waals surface area contributed by atoms with E-state index in [0.29, 0.717) is 12.2 Å². The Balaban J connectivity index is 2.22. The van der Waals surface area contributed by atoms with Crippen LogP contribution in [-0.4, -0.2) is 25.7 Å². The lowest BCUT2D eigenvalue weighted by Crippen LogP contribution is -2.42. The Morgan fingerprint density at radius 1 is 1.56 bits per heavy atom. The standard InChI is InChI=1S/C15H23NO2/c1-16-11-13-6-3-4-9-15(13,17)12-7-5-8-14(10-12)18-2/h5,7-8,10,13,16-17H,3-4,6,9,11H2,1-2H3/t13-,15+/m0/s1/i1D3. The number of nitrogens with one attached hydrogen (secondary N) is 1. The highest BCUT2D eigenvalue weighted by Crippen LogP contribution is 2.42. The van der Waals surface area contributed by atoms with E-state index in [-0.39, 0.29) is 12.5 Å². The molecule has 1 fully saturated rings. The van der Waals surface area contributed by atoms with Gasteiger partial charge >= 0.3 is 0 Å². The number of ether oxygens (including phenoxy) is 1.